The van der Waals surface area contributed by atoms with E-state index in [2.05, 4.69) is 5.32 Å². The third-order valence-corrected chi connectivity index (χ3v) is 6.30. The molecule has 0 fully saturated rings. The van der Waals surface area contributed by atoms with E-state index in [4.69, 9.17) is 9.47 Å². The molecule has 30 heavy (non-hydrogen) atoms. The zero-order valence-electron chi connectivity index (χ0n) is 17.8. The maximum Gasteiger partial charge on any atom is 0.242 e. The predicted molar refractivity (Wildman–Crippen MR) is 116 cm³/mol. The van der Waals surface area contributed by atoms with Crippen LogP contribution >= 0.6 is 0 Å². The molecule has 0 aliphatic rings. The van der Waals surface area contributed by atoms with Crippen molar-refractivity contribution in [1.82, 2.24) is 9.62 Å². The standard InChI is InChI=1S/C22H30N2O5S/c1-4-28-20-14-13-18(16-21(20)29-5-2)17-23-22(25)12-9-15-24(3)30(26,27)19-10-7-6-8-11-19/h6-8,10-11,13-14,16H,4-5,9,12,15,17H2,1-3H3,(H,23,25). The van der Waals surface area contributed by atoms with Gasteiger partial charge in [0.2, 0.25) is 15.9 Å². The Morgan fingerprint density at radius 1 is 1.00 bits per heavy atom. The molecule has 0 aliphatic heterocycles. The van der Waals surface area contributed by atoms with Crippen LogP contribution in [0, 0.1) is 0 Å². The maximum absolute atomic E-state index is 12.5. The largest absolute Gasteiger partial charge is 0.490 e. The highest BCUT2D eigenvalue weighted by molar-refractivity contribution is 7.89. The fourth-order valence-corrected chi connectivity index (χ4v) is 4.08. The SMILES string of the molecule is CCOc1ccc(CNC(=O)CCCN(C)S(=O)(=O)c2ccccc2)cc1OCC. The number of nitrogens with zero attached hydrogens (tertiary/aromatic N) is 1. The summed E-state index contributed by atoms with van der Waals surface area (Å²) < 4.78 is 37.4. The van der Waals surface area contributed by atoms with Crippen molar-refractivity contribution < 1.29 is 22.7 Å². The summed E-state index contributed by atoms with van der Waals surface area (Å²) in [6, 6.07) is 13.8. The first kappa shape index (κ1) is 23.7. The normalized spacial score (nSPS) is 11.3. The Kier molecular flexibility index (Phi) is 9.14. The van der Waals surface area contributed by atoms with E-state index < -0.39 is 10.0 Å². The van der Waals surface area contributed by atoms with Crippen molar-refractivity contribution in [3.63, 3.8) is 0 Å². The number of hydrogen-bond donors (Lipinski definition) is 1. The van der Waals surface area contributed by atoms with Gasteiger partial charge in [0.1, 0.15) is 0 Å². The molecule has 7 nitrogen and oxygen atoms in total. The summed E-state index contributed by atoms with van der Waals surface area (Å²) in [6.07, 6.45) is 0.672. The lowest BCUT2D eigenvalue weighted by molar-refractivity contribution is -0.121. The lowest BCUT2D eigenvalue weighted by atomic mass is 10.2. The van der Waals surface area contributed by atoms with Crippen LogP contribution in [0.1, 0.15) is 32.3 Å². The number of carbonyl (C=O) groups excluding carboxylic acids is 1. The van der Waals surface area contributed by atoms with Crippen LogP contribution in [-0.4, -0.2) is 45.4 Å². The monoisotopic (exact) mass is 434 g/mol. The summed E-state index contributed by atoms with van der Waals surface area (Å²) in [5.74, 6) is 1.20. The lowest BCUT2D eigenvalue weighted by Crippen LogP contribution is -2.29. The highest BCUT2D eigenvalue weighted by atomic mass is 32.2. The molecule has 0 saturated heterocycles. The van der Waals surface area contributed by atoms with Crippen LogP contribution in [0.15, 0.2) is 53.4 Å². The third kappa shape index (κ3) is 6.74. The van der Waals surface area contributed by atoms with E-state index in [0.717, 1.165) is 5.56 Å². The van der Waals surface area contributed by atoms with Gasteiger partial charge in [-0.25, -0.2) is 12.7 Å². The molecule has 0 saturated carbocycles. The second-order valence-corrected chi connectivity index (χ2v) is 8.71. The van der Waals surface area contributed by atoms with E-state index in [1.165, 1.54) is 11.4 Å². The first-order valence-electron chi connectivity index (χ1n) is 10.0. The lowest BCUT2D eigenvalue weighted by Gasteiger charge is -2.17. The van der Waals surface area contributed by atoms with Crippen LogP contribution < -0.4 is 14.8 Å². The molecular formula is C22H30N2O5S. The van der Waals surface area contributed by atoms with Crippen molar-refractivity contribution in [2.45, 2.75) is 38.1 Å². The van der Waals surface area contributed by atoms with Crippen molar-refractivity contribution >= 4 is 15.9 Å². The number of hydrogen-bond acceptors (Lipinski definition) is 5. The number of carbonyl (C=O) groups is 1. The van der Waals surface area contributed by atoms with Crippen LogP contribution in [0.4, 0.5) is 0 Å². The molecule has 0 unspecified atom stereocenters. The van der Waals surface area contributed by atoms with Crippen LogP contribution in [0.2, 0.25) is 0 Å². The average molecular weight is 435 g/mol. The molecule has 0 aliphatic carbocycles. The van der Waals surface area contributed by atoms with Gasteiger partial charge in [-0.2, -0.15) is 0 Å². The summed E-state index contributed by atoms with van der Waals surface area (Å²) in [5.41, 5.74) is 0.902. The fourth-order valence-electron chi connectivity index (χ4n) is 2.85. The molecule has 164 valence electrons. The minimum Gasteiger partial charge on any atom is -0.490 e. The van der Waals surface area contributed by atoms with E-state index in [9.17, 15) is 13.2 Å². The van der Waals surface area contributed by atoms with Crippen molar-refractivity contribution in [3.05, 3.63) is 54.1 Å². The highest BCUT2D eigenvalue weighted by Gasteiger charge is 2.20. The van der Waals surface area contributed by atoms with Gasteiger partial charge in [0.05, 0.1) is 18.1 Å². The Bertz CT molecular complexity index is 916. The maximum atomic E-state index is 12.5. The number of nitrogens with one attached hydrogen (secondary N) is 1. The Hall–Kier alpha value is -2.58. The van der Waals surface area contributed by atoms with Crippen LogP contribution in [0.5, 0.6) is 11.5 Å². The third-order valence-electron chi connectivity index (χ3n) is 4.43. The predicted octanol–water partition coefficient (Wildman–Crippen LogP) is 3.20. The fraction of sp³-hybridized carbons (Fsp3) is 0.409. The summed E-state index contributed by atoms with van der Waals surface area (Å²) in [4.78, 5) is 12.4. The number of ether oxygens (including phenoxy) is 2. The van der Waals surface area contributed by atoms with Gasteiger partial charge in [0, 0.05) is 26.6 Å². The number of amides is 1. The Balaban J connectivity index is 1.82. The number of benzene rings is 2. The molecule has 0 heterocycles. The average Bonchev–Trinajstić information content (AvgIpc) is 2.74. The quantitative estimate of drug-likeness (QED) is 0.555. The molecular weight excluding hydrogens is 404 g/mol. The summed E-state index contributed by atoms with van der Waals surface area (Å²) in [7, 11) is -2.01. The first-order chi connectivity index (χ1) is 14.4. The van der Waals surface area contributed by atoms with Crippen molar-refractivity contribution in [2.75, 3.05) is 26.8 Å². The van der Waals surface area contributed by atoms with Gasteiger partial charge in [-0.3, -0.25) is 4.79 Å². The number of rotatable bonds is 12. The molecule has 0 bridgehead atoms. The van der Waals surface area contributed by atoms with E-state index in [-0.39, 0.29) is 23.8 Å². The van der Waals surface area contributed by atoms with Gasteiger partial charge in [-0.15, -0.1) is 0 Å². The second kappa shape index (κ2) is 11.6. The molecule has 1 N–H and O–H groups in total. The van der Waals surface area contributed by atoms with Gasteiger partial charge >= 0.3 is 0 Å². The van der Waals surface area contributed by atoms with Gasteiger partial charge < -0.3 is 14.8 Å². The van der Waals surface area contributed by atoms with Crippen molar-refractivity contribution in [1.29, 1.82) is 0 Å². The molecule has 0 radical (unpaired) electrons. The van der Waals surface area contributed by atoms with Crippen molar-refractivity contribution in [3.8, 4) is 11.5 Å². The van der Waals surface area contributed by atoms with E-state index >= 15 is 0 Å². The second-order valence-electron chi connectivity index (χ2n) is 6.67. The molecule has 0 aromatic heterocycles. The van der Waals surface area contributed by atoms with Crippen molar-refractivity contribution in [2.24, 2.45) is 0 Å². The van der Waals surface area contributed by atoms with E-state index in [1.807, 2.05) is 32.0 Å². The van der Waals surface area contributed by atoms with Crippen LogP contribution in [0.25, 0.3) is 0 Å². The molecule has 0 atom stereocenters. The van der Waals surface area contributed by atoms with Gasteiger partial charge in [0.25, 0.3) is 0 Å². The summed E-state index contributed by atoms with van der Waals surface area (Å²) in [6.45, 7) is 5.51. The summed E-state index contributed by atoms with van der Waals surface area (Å²) in [5, 5.41) is 2.86. The molecule has 2 rings (SSSR count). The van der Waals surface area contributed by atoms with Crippen LogP contribution in [0.3, 0.4) is 0 Å². The molecule has 2 aromatic carbocycles. The highest BCUT2D eigenvalue weighted by Crippen LogP contribution is 2.28. The first-order valence-corrected chi connectivity index (χ1v) is 11.5. The number of sulfonamides is 1. The minimum atomic E-state index is -3.54. The van der Waals surface area contributed by atoms with E-state index in [0.29, 0.717) is 37.7 Å². The van der Waals surface area contributed by atoms with E-state index in [1.54, 1.807) is 30.3 Å². The Labute approximate surface area is 179 Å². The van der Waals surface area contributed by atoms with Gasteiger partial charge in [0.15, 0.2) is 11.5 Å². The molecule has 0 spiro atoms. The minimum absolute atomic E-state index is 0.132. The Morgan fingerprint density at radius 2 is 1.67 bits per heavy atom. The Morgan fingerprint density at radius 3 is 2.33 bits per heavy atom. The van der Waals surface area contributed by atoms with Gasteiger partial charge in [-0.1, -0.05) is 24.3 Å². The van der Waals surface area contributed by atoms with Crippen LogP contribution in [-0.2, 0) is 21.4 Å². The topological polar surface area (TPSA) is 84.9 Å². The zero-order valence-corrected chi connectivity index (χ0v) is 18.6. The molecule has 1 amide bonds. The smallest absolute Gasteiger partial charge is 0.242 e. The molecule has 8 heteroatoms. The van der Waals surface area contributed by atoms with Gasteiger partial charge in [-0.05, 0) is 50.1 Å². The summed E-state index contributed by atoms with van der Waals surface area (Å²) >= 11 is 0. The molecule has 2 aromatic rings. The zero-order chi connectivity index (χ0) is 22.0.